The van der Waals surface area contributed by atoms with Gasteiger partial charge in [0.25, 0.3) is 5.91 Å². The average molecular weight is 433 g/mol. The molecule has 2 aromatic rings. The Balaban J connectivity index is 2.06. The predicted octanol–water partition coefficient (Wildman–Crippen LogP) is 4.34. The highest BCUT2D eigenvalue weighted by atomic mass is 79.9. The average Bonchev–Trinajstić information content (AvgIpc) is 2.86. The first kappa shape index (κ1) is 15.9. The molecule has 1 aliphatic rings. The molecule has 0 saturated carbocycles. The van der Waals surface area contributed by atoms with Gasteiger partial charge in [0.1, 0.15) is 0 Å². The van der Waals surface area contributed by atoms with Gasteiger partial charge >= 0.3 is 0 Å². The number of carbonyl (C=O) groups is 2. The van der Waals surface area contributed by atoms with E-state index >= 15 is 0 Å². The van der Waals surface area contributed by atoms with Crippen LogP contribution in [0.4, 0.5) is 0 Å². The number of amides is 1. The third-order valence-corrected chi connectivity index (χ3v) is 4.53. The quantitative estimate of drug-likeness (QED) is 0.579. The van der Waals surface area contributed by atoms with Gasteiger partial charge in [0.15, 0.2) is 6.29 Å². The Morgan fingerprint density at radius 3 is 2.00 bits per heavy atom. The van der Waals surface area contributed by atoms with Crippen LogP contribution >= 0.6 is 31.9 Å². The first-order valence-corrected chi connectivity index (χ1v) is 8.41. The number of carbonyl (C=O) groups excluding carboxylic acids is 2. The lowest BCUT2D eigenvalue weighted by molar-refractivity contribution is -0.116. The van der Waals surface area contributed by atoms with Gasteiger partial charge in [0.2, 0.25) is 0 Å². The molecule has 1 N–H and O–H groups in total. The van der Waals surface area contributed by atoms with Gasteiger partial charge < -0.3 is 5.32 Å². The predicted molar refractivity (Wildman–Crippen MR) is 97.4 cm³/mol. The molecule has 0 atom stereocenters. The van der Waals surface area contributed by atoms with Crippen LogP contribution in [-0.4, -0.2) is 12.2 Å². The summed E-state index contributed by atoms with van der Waals surface area (Å²) in [5.74, 6) is -0.270. The van der Waals surface area contributed by atoms with E-state index < -0.39 is 0 Å². The molecule has 114 valence electrons. The van der Waals surface area contributed by atoms with Crippen molar-refractivity contribution >= 4 is 55.8 Å². The molecule has 3 rings (SSSR count). The van der Waals surface area contributed by atoms with Crippen molar-refractivity contribution in [1.82, 2.24) is 5.32 Å². The highest BCUT2D eigenvalue weighted by Crippen LogP contribution is 2.29. The van der Waals surface area contributed by atoms with Crippen LogP contribution in [0.5, 0.6) is 0 Å². The number of benzene rings is 2. The molecule has 0 saturated heterocycles. The second-order valence-electron chi connectivity index (χ2n) is 4.98. The molecular formula is C18H11Br2NO2. The van der Waals surface area contributed by atoms with E-state index in [0.29, 0.717) is 16.8 Å². The molecule has 0 bridgehead atoms. The van der Waals surface area contributed by atoms with E-state index in [-0.39, 0.29) is 5.91 Å². The fraction of sp³-hybridized carbons (Fsp3) is 0. The summed E-state index contributed by atoms with van der Waals surface area (Å²) in [6, 6.07) is 15.0. The van der Waals surface area contributed by atoms with Crippen molar-refractivity contribution in [1.29, 1.82) is 0 Å². The van der Waals surface area contributed by atoms with Gasteiger partial charge in [-0.05, 0) is 41.5 Å². The first-order valence-electron chi connectivity index (χ1n) is 6.83. The molecule has 1 amide bonds. The lowest BCUT2D eigenvalue weighted by atomic mass is 10.0. The second-order valence-corrected chi connectivity index (χ2v) is 6.81. The van der Waals surface area contributed by atoms with E-state index in [9.17, 15) is 9.59 Å². The number of aldehydes is 1. The van der Waals surface area contributed by atoms with Crippen LogP contribution < -0.4 is 5.32 Å². The Kier molecular flexibility index (Phi) is 4.59. The van der Waals surface area contributed by atoms with E-state index in [4.69, 9.17) is 0 Å². The maximum atomic E-state index is 12.3. The molecular weight excluding hydrogens is 422 g/mol. The zero-order valence-corrected chi connectivity index (χ0v) is 15.0. The highest BCUT2D eigenvalue weighted by molar-refractivity contribution is 9.10. The molecule has 0 aliphatic carbocycles. The summed E-state index contributed by atoms with van der Waals surface area (Å²) in [6.07, 6.45) is 2.44. The van der Waals surface area contributed by atoms with E-state index in [1.54, 1.807) is 6.08 Å². The van der Waals surface area contributed by atoms with E-state index in [2.05, 4.69) is 37.2 Å². The summed E-state index contributed by atoms with van der Waals surface area (Å²) in [4.78, 5) is 23.8. The molecule has 1 aliphatic heterocycles. The largest absolute Gasteiger partial charge is 0.321 e. The van der Waals surface area contributed by atoms with Gasteiger partial charge in [0, 0.05) is 8.95 Å². The molecule has 0 spiro atoms. The summed E-state index contributed by atoms with van der Waals surface area (Å²) >= 11 is 6.74. The van der Waals surface area contributed by atoms with Crippen molar-refractivity contribution in [2.75, 3.05) is 0 Å². The molecule has 0 unspecified atom stereocenters. The normalized spacial score (nSPS) is 15.9. The minimum Gasteiger partial charge on any atom is -0.321 e. The van der Waals surface area contributed by atoms with Crippen LogP contribution in [0.15, 0.2) is 68.6 Å². The van der Waals surface area contributed by atoms with Gasteiger partial charge in [-0.3, -0.25) is 9.59 Å². The van der Waals surface area contributed by atoms with E-state index in [1.807, 2.05) is 48.5 Å². The van der Waals surface area contributed by atoms with Crippen molar-refractivity contribution in [3.05, 3.63) is 79.7 Å². The number of hydrogen-bond donors (Lipinski definition) is 1. The summed E-state index contributed by atoms with van der Waals surface area (Å²) < 4.78 is 1.89. The maximum absolute atomic E-state index is 12.3. The Labute approximate surface area is 150 Å². The van der Waals surface area contributed by atoms with Crippen LogP contribution in [0.1, 0.15) is 11.1 Å². The Hall–Kier alpha value is -1.98. The summed E-state index contributed by atoms with van der Waals surface area (Å²) in [6.45, 7) is 0. The number of rotatable bonds is 3. The summed E-state index contributed by atoms with van der Waals surface area (Å²) in [5, 5.41) is 2.79. The SMILES string of the molecule is O=CC1=C(c2ccc(Br)cc2)NC(=O)/C1=C\c1ccc(Br)cc1. The fourth-order valence-electron chi connectivity index (χ4n) is 2.34. The molecule has 5 heteroatoms. The Morgan fingerprint density at radius 2 is 1.43 bits per heavy atom. The molecule has 0 radical (unpaired) electrons. The lowest BCUT2D eigenvalue weighted by Gasteiger charge is -2.03. The van der Waals surface area contributed by atoms with Crippen LogP contribution in [0.25, 0.3) is 11.8 Å². The zero-order chi connectivity index (χ0) is 16.4. The van der Waals surface area contributed by atoms with Crippen molar-refractivity contribution in [3.8, 4) is 0 Å². The van der Waals surface area contributed by atoms with Gasteiger partial charge in [-0.25, -0.2) is 0 Å². The highest BCUT2D eigenvalue weighted by Gasteiger charge is 2.27. The second kappa shape index (κ2) is 6.64. The van der Waals surface area contributed by atoms with Crippen molar-refractivity contribution in [3.63, 3.8) is 0 Å². The van der Waals surface area contributed by atoms with Crippen molar-refractivity contribution in [2.24, 2.45) is 0 Å². The van der Waals surface area contributed by atoms with Crippen LogP contribution in [0.3, 0.4) is 0 Å². The van der Waals surface area contributed by atoms with Gasteiger partial charge in [-0.15, -0.1) is 0 Å². The molecule has 0 fully saturated rings. The number of halogens is 2. The zero-order valence-electron chi connectivity index (χ0n) is 11.8. The smallest absolute Gasteiger partial charge is 0.256 e. The molecule has 1 heterocycles. The number of nitrogens with one attached hydrogen (secondary N) is 1. The Morgan fingerprint density at radius 1 is 0.870 bits per heavy atom. The van der Waals surface area contributed by atoms with Crippen molar-refractivity contribution < 1.29 is 9.59 Å². The van der Waals surface area contributed by atoms with Gasteiger partial charge in [0.05, 0.1) is 16.8 Å². The van der Waals surface area contributed by atoms with Crippen LogP contribution in [0, 0.1) is 0 Å². The van der Waals surface area contributed by atoms with Crippen molar-refractivity contribution in [2.45, 2.75) is 0 Å². The summed E-state index contributed by atoms with van der Waals surface area (Å²) in [7, 11) is 0. The molecule has 23 heavy (non-hydrogen) atoms. The van der Waals surface area contributed by atoms with Crippen LogP contribution in [0.2, 0.25) is 0 Å². The third kappa shape index (κ3) is 3.35. The van der Waals surface area contributed by atoms with Gasteiger partial charge in [-0.1, -0.05) is 56.1 Å². The minimum atomic E-state index is -0.270. The fourth-order valence-corrected chi connectivity index (χ4v) is 2.87. The third-order valence-electron chi connectivity index (χ3n) is 3.47. The molecule has 0 aromatic heterocycles. The molecule has 2 aromatic carbocycles. The van der Waals surface area contributed by atoms with Gasteiger partial charge in [-0.2, -0.15) is 0 Å². The minimum absolute atomic E-state index is 0.270. The van der Waals surface area contributed by atoms with Crippen LogP contribution in [-0.2, 0) is 9.59 Å². The van der Waals surface area contributed by atoms with E-state index in [0.717, 1.165) is 26.4 Å². The number of hydrogen-bond acceptors (Lipinski definition) is 2. The topological polar surface area (TPSA) is 46.2 Å². The monoisotopic (exact) mass is 431 g/mol. The molecule has 3 nitrogen and oxygen atoms in total. The van der Waals surface area contributed by atoms with E-state index in [1.165, 1.54) is 0 Å². The Bertz CT molecular complexity index is 834. The maximum Gasteiger partial charge on any atom is 0.256 e. The summed E-state index contributed by atoms with van der Waals surface area (Å²) in [5.41, 5.74) is 2.94. The lowest BCUT2D eigenvalue weighted by Crippen LogP contribution is -2.15. The standard InChI is InChI=1S/C18H11Br2NO2/c19-13-5-1-11(2-6-13)9-15-16(10-22)17(21-18(15)23)12-3-7-14(20)8-4-12/h1-10H,(H,21,23)/b15-9-. The first-order chi connectivity index (χ1) is 11.1.